The molecule has 0 aliphatic heterocycles. The minimum absolute atomic E-state index is 0.0204. The number of rotatable bonds is 5. The Hall–Kier alpha value is -3.89. The largest absolute Gasteiger partial charge is 0.510 e. The molecule has 0 saturated carbocycles. The quantitative estimate of drug-likeness (QED) is 0.420. The molecule has 10 heteroatoms. The van der Waals surface area contributed by atoms with Gasteiger partial charge < -0.3 is 29.7 Å². The van der Waals surface area contributed by atoms with Gasteiger partial charge in [-0.2, -0.15) is 0 Å². The minimum Gasteiger partial charge on any atom is -0.510 e. The van der Waals surface area contributed by atoms with E-state index in [0.29, 0.717) is 22.4 Å². The van der Waals surface area contributed by atoms with E-state index in [4.69, 9.17) is 4.42 Å². The van der Waals surface area contributed by atoms with Crippen molar-refractivity contribution in [3.63, 3.8) is 0 Å². The number of phenols is 1. The summed E-state index contributed by atoms with van der Waals surface area (Å²) in [7, 11) is 6.91. The lowest BCUT2D eigenvalue weighted by atomic mass is 9.58. The van der Waals surface area contributed by atoms with Crippen molar-refractivity contribution < 1.29 is 39.2 Å². The van der Waals surface area contributed by atoms with Crippen LogP contribution in [0, 0.1) is 11.8 Å². The summed E-state index contributed by atoms with van der Waals surface area (Å²) in [4.78, 5) is 43.8. The van der Waals surface area contributed by atoms with Gasteiger partial charge in [0.05, 0.1) is 24.1 Å². The van der Waals surface area contributed by atoms with Gasteiger partial charge in [-0.3, -0.25) is 19.3 Å². The van der Waals surface area contributed by atoms with Gasteiger partial charge in [0, 0.05) is 48.8 Å². The molecule has 1 heterocycles. The Balaban J connectivity index is 1.75. The molecule has 4 N–H and O–H groups in total. The molecule has 0 amide bonds. The van der Waals surface area contributed by atoms with Crippen molar-refractivity contribution in [3.8, 4) is 16.9 Å². The Labute approximate surface area is 225 Å². The average Bonchev–Trinajstić information content (AvgIpc) is 3.40. The molecule has 1 unspecified atom stereocenters. The summed E-state index contributed by atoms with van der Waals surface area (Å²) in [6.07, 6.45) is 3.09. The molecule has 1 aromatic carbocycles. The maximum atomic E-state index is 14.1. The number of phenolic OH excluding ortho intramolecular Hbond substituents is 1. The fraction of sp³-hybridized carbons (Fsp3) is 0.414. The highest BCUT2D eigenvalue weighted by Gasteiger charge is 2.63. The summed E-state index contributed by atoms with van der Waals surface area (Å²) in [6, 6.07) is 2.46. The zero-order valence-electron chi connectivity index (χ0n) is 22.5. The normalized spacial score (nSPS) is 26.5. The number of hydrogen-bond donors (Lipinski definition) is 4. The number of aliphatic hydroxyl groups is 3. The third-order valence-electron chi connectivity index (χ3n) is 8.37. The van der Waals surface area contributed by atoms with E-state index >= 15 is 0 Å². The number of furan rings is 1. The summed E-state index contributed by atoms with van der Waals surface area (Å²) in [5.74, 6) is -5.70. The fourth-order valence-electron chi connectivity index (χ4n) is 6.54. The second-order valence-corrected chi connectivity index (χ2v) is 10.9. The molecular weight excluding hydrogens is 504 g/mol. The van der Waals surface area contributed by atoms with Crippen LogP contribution in [0.5, 0.6) is 5.75 Å². The van der Waals surface area contributed by atoms with Crippen LogP contribution in [-0.2, 0) is 16.0 Å². The molecule has 3 aliphatic rings. The van der Waals surface area contributed by atoms with Crippen molar-refractivity contribution in [3.05, 3.63) is 58.5 Å². The SMILES string of the molecule is CCC(=O)C1=C(O)C(N(C)C)[C@H]2C[C@H]3Cc4c(N(C)C)cc(-c5ccoc5)c(O)c4C(=O)C3=C(O)[C@@]2(O)C1=O. The molecule has 3 aliphatic carbocycles. The van der Waals surface area contributed by atoms with E-state index in [1.54, 1.807) is 31.1 Å². The van der Waals surface area contributed by atoms with Gasteiger partial charge in [0.2, 0.25) is 5.78 Å². The second-order valence-electron chi connectivity index (χ2n) is 10.9. The number of allylic oxidation sites excluding steroid dienone is 1. The van der Waals surface area contributed by atoms with E-state index in [9.17, 15) is 34.8 Å². The van der Waals surface area contributed by atoms with Crippen LogP contribution in [0.15, 0.2) is 51.7 Å². The first-order chi connectivity index (χ1) is 18.4. The first-order valence-electron chi connectivity index (χ1n) is 12.8. The summed E-state index contributed by atoms with van der Waals surface area (Å²) < 4.78 is 5.17. The van der Waals surface area contributed by atoms with Gasteiger partial charge >= 0.3 is 0 Å². The van der Waals surface area contributed by atoms with Gasteiger partial charge in [-0.25, -0.2) is 0 Å². The van der Waals surface area contributed by atoms with E-state index in [2.05, 4.69) is 0 Å². The Morgan fingerprint density at radius 3 is 2.41 bits per heavy atom. The van der Waals surface area contributed by atoms with Crippen LogP contribution in [0.25, 0.3) is 11.1 Å². The molecule has 0 bridgehead atoms. The minimum atomic E-state index is -2.59. The first-order valence-corrected chi connectivity index (χ1v) is 12.8. The third-order valence-corrected chi connectivity index (χ3v) is 8.37. The number of nitrogens with zero attached hydrogens (tertiary/aromatic N) is 2. The van der Waals surface area contributed by atoms with Crippen LogP contribution < -0.4 is 4.90 Å². The molecule has 2 aromatic rings. The summed E-state index contributed by atoms with van der Waals surface area (Å²) >= 11 is 0. The van der Waals surface area contributed by atoms with E-state index in [-0.39, 0.29) is 36.1 Å². The highest BCUT2D eigenvalue weighted by atomic mass is 16.3. The lowest BCUT2D eigenvalue weighted by molar-refractivity contribution is -0.148. The number of benzene rings is 1. The van der Waals surface area contributed by atoms with Gasteiger partial charge in [-0.15, -0.1) is 0 Å². The van der Waals surface area contributed by atoms with Crippen molar-refractivity contribution in [2.75, 3.05) is 33.1 Å². The third kappa shape index (κ3) is 3.58. The number of ketones is 3. The Morgan fingerprint density at radius 2 is 1.85 bits per heavy atom. The average molecular weight is 537 g/mol. The van der Waals surface area contributed by atoms with Gasteiger partial charge in [0.15, 0.2) is 17.2 Å². The molecular formula is C29H32N2O8. The van der Waals surface area contributed by atoms with Gasteiger partial charge in [0.25, 0.3) is 0 Å². The lowest BCUT2D eigenvalue weighted by Crippen LogP contribution is -2.63. The molecule has 0 saturated heterocycles. The molecule has 0 radical (unpaired) electrons. The van der Waals surface area contributed by atoms with Crippen molar-refractivity contribution >= 4 is 23.0 Å². The number of anilines is 1. The second kappa shape index (κ2) is 9.10. The van der Waals surface area contributed by atoms with Crippen LogP contribution in [0.4, 0.5) is 5.69 Å². The number of Topliss-reactive ketones (excluding diaryl/α,β-unsaturated/α-hetero) is 3. The van der Waals surface area contributed by atoms with Crippen molar-refractivity contribution in [2.45, 2.75) is 37.8 Å². The predicted octanol–water partition coefficient (Wildman–Crippen LogP) is 2.94. The van der Waals surface area contributed by atoms with Crippen LogP contribution >= 0.6 is 0 Å². The number of fused-ring (bicyclic) bond motifs is 3. The molecule has 1 aromatic heterocycles. The molecule has 39 heavy (non-hydrogen) atoms. The Bertz CT molecular complexity index is 1470. The van der Waals surface area contributed by atoms with Crippen molar-refractivity contribution in [1.82, 2.24) is 4.90 Å². The molecule has 5 rings (SSSR count). The van der Waals surface area contributed by atoms with Crippen LogP contribution in [0.2, 0.25) is 0 Å². The fourth-order valence-corrected chi connectivity index (χ4v) is 6.54. The van der Waals surface area contributed by atoms with E-state index < -0.39 is 57.9 Å². The van der Waals surface area contributed by atoms with E-state index in [0.717, 1.165) is 0 Å². The van der Waals surface area contributed by atoms with Gasteiger partial charge in [-0.05, 0) is 50.6 Å². The van der Waals surface area contributed by atoms with Gasteiger partial charge in [0.1, 0.15) is 22.8 Å². The zero-order chi connectivity index (χ0) is 28.5. The number of carbonyl (C=O) groups is 3. The molecule has 0 fully saturated rings. The standard InChI is InChI=1S/C29H32N2O8/c1-6-19(32)22-26(35)23(31(4)5)17-10-14-9-16-18(30(2)3)11-15(13-7-8-39-12-13)24(33)21(16)25(34)20(14)27(36)29(17,38)28(22)37/h7-8,11-12,14,17,23,33,35-36,38H,6,9-10H2,1-5H3/t14-,17-,23?,29-/m1/s1. The highest BCUT2D eigenvalue weighted by molar-refractivity contribution is 6.25. The van der Waals surface area contributed by atoms with E-state index in [1.807, 2.05) is 19.0 Å². The zero-order valence-corrected chi connectivity index (χ0v) is 22.5. The maximum absolute atomic E-state index is 14.1. The van der Waals surface area contributed by atoms with Crippen LogP contribution in [0.1, 0.15) is 35.7 Å². The molecule has 206 valence electrons. The predicted molar refractivity (Wildman–Crippen MR) is 142 cm³/mol. The number of hydrogen-bond acceptors (Lipinski definition) is 10. The monoisotopic (exact) mass is 536 g/mol. The number of carbonyl (C=O) groups excluding carboxylic acids is 3. The number of aliphatic hydroxyl groups excluding tert-OH is 2. The maximum Gasteiger partial charge on any atom is 0.209 e. The molecule has 0 spiro atoms. The first kappa shape index (κ1) is 26.7. The topological polar surface area (TPSA) is 152 Å². The molecule has 4 atom stereocenters. The smallest absolute Gasteiger partial charge is 0.209 e. The van der Waals surface area contributed by atoms with Crippen LogP contribution in [-0.4, -0.2) is 82.5 Å². The van der Waals surface area contributed by atoms with Crippen molar-refractivity contribution in [2.24, 2.45) is 11.8 Å². The Morgan fingerprint density at radius 1 is 1.15 bits per heavy atom. The Kier molecular flexibility index (Phi) is 6.23. The number of aromatic hydroxyl groups is 1. The summed E-state index contributed by atoms with van der Waals surface area (Å²) in [5.41, 5.74) is -1.17. The van der Waals surface area contributed by atoms with Crippen molar-refractivity contribution in [1.29, 1.82) is 0 Å². The van der Waals surface area contributed by atoms with Gasteiger partial charge in [-0.1, -0.05) is 6.92 Å². The lowest BCUT2D eigenvalue weighted by Gasteiger charge is -2.50. The molecule has 10 nitrogen and oxygen atoms in total. The highest BCUT2D eigenvalue weighted by Crippen LogP contribution is 2.54. The summed E-state index contributed by atoms with van der Waals surface area (Å²) in [5, 5.41) is 45.8. The number of likely N-dealkylation sites (N-methyl/N-ethyl adjacent to an activating group) is 1. The van der Waals surface area contributed by atoms with E-state index in [1.165, 1.54) is 19.5 Å². The van der Waals surface area contributed by atoms with Crippen LogP contribution in [0.3, 0.4) is 0 Å². The summed E-state index contributed by atoms with van der Waals surface area (Å²) in [6.45, 7) is 1.52.